The van der Waals surface area contributed by atoms with Gasteiger partial charge in [0.25, 0.3) is 10.0 Å². The Morgan fingerprint density at radius 2 is 1.77 bits per heavy atom. The van der Waals surface area contributed by atoms with Crippen molar-refractivity contribution in [2.45, 2.75) is 30.6 Å². The second-order valence-electron chi connectivity index (χ2n) is 6.67. The summed E-state index contributed by atoms with van der Waals surface area (Å²) in [5.74, 6) is 0.786. The van der Waals surface area contributed by atoms with Gasteiger partial charge in [0.1, 0.15) is 24.8 Å². The Kier molecular flexibility index (Phi) is 7.70. The third-order valence-corrected chi connectivity index (χ3v) is 6.05. The largest absolute Gasteiger partial charge is 0.490 e. The summed E-state index contributed by atoms with van der Waals surface area (Å²) in [5.41, 5.74) is 0.599. The second kappa shape index (κ2) is 10.4. The van der Waals surface area contributed by atoms with Crippen LogP contribution in [0.25, 0.3) is 0 Å². The molecule has 0 amide bonds. The van der Waals surface area contributed by atoms with E-state index in [4.69, 9.17) is 21.1 Å². The fraction of sp³-hybridized carbons (Fsp3) is 0.333. The van der Waals surface area contributed by atoms with Crippen LogP contribution in [0.1, 0.15) is 31.2 Å². The highest BCUT2D eigenvalue weighted by molar-refractivity contribution is 7.90. The summed E-state index contributed by atoms with van der Waals surface area (Å²) >= 11 is 5.80. The highest BCUT2D eigenvalue weighted by Crippen LogP contribution is 2.22. The first kappa shape index (κ1) is 22.1. The van der Waals surface area contributed by atoms with Gasteiger partial charge in [-0.3, -0.25) is 14.5 Å². The zero-order valence-electron chi connectivity index (χ0n) is 16.3. The molecule has 0 saturated heterocycles. The lowest BCUT2D eigenvalue weighted by atomic mass is 10.2. The number of nitrogens with zero attached hydrogens (tertiary/aromatic N) is 1. The van der Waals surface area contributed by atoms with E-state index in [0.717, 1.165) is 12.8 Å². The Bertz CT molecular complexity index is 1010. The molecule has 9 heteroatoms. The van der Waals surface area contributed by atoms with Gasteiger partial charge in [0.05, 0.1) is 4.90 Å². The van der Waals surface area contributed by atoms with E-state index in [2.05, 4.69) is 9.71 Å². The van der Waals surface area contributed by atoms with Crippen LogP contribution in [0, 0.1) is 0 Å². The number of nitrogens with one attached hydrogen (secondary N) is 1. The number of fused-ring (bicyclic) bond motifs is 1. The van der Waals surface area contributed by atoms with Gasteiger partial charge in [0.15, 0.2) is 0 Å². The Hall–Kier alpha value is -2.58. The van der Waals surface area contributed by atoms with Crippen LogP contribution in [-0.2, 0) is 19.6 Å². The van der Waals surface area contributed by atoms with E-state index in [-0.39, 0.29) is 24.1 Å². The van der Waals surface area contributed by atoms with Crippen molar-refractivity contribution in [2.24, 2.45) is 4.99 Å². The summed E-state index contributed by atoms with van der Waals surface area (Å²) in [6.07, 6.45) is 2.55. The first-order chi connectivity index (χ1) is 14.5. The second-order valence-corrected chi connectivity index (χ2v) is 8.75. The van der Waals surface area contributed by atoms with E-state index >= 15 is 0 Å². The van der Waals surface area contributed by atoms with E-state index in [1.54, 1.807) is 48.5 Å². The van der Waals surface area contributed by atoms with Gasteiger partial charge >= 0.3 is 5.97 Å². The van der Waals surface area contributed by atoms with Gasteiger partial charge in [0, 0.05) is 23.6 Å². The minimum absolute atomic E-state index is 0.189. The van der Waals surface area contributed by atoms with Crippen LogP contribution < -0.4 is 9.46 Å². The summed E-state index contributed by atoms with van der Waals surface area (Å²) < 4.78 is 37.1. The van der Waals surface area contributed by atoms with E-state index in [1.165, 1.54) is 0 Å². The minimum Gasteiger partial charge on any atom is -0.490 e. The molecule has 2 aromatic carbocycles. The standard InChI is InChI=1S/C21H23ClN2O5S/c22-16-9-11-17(12-10-16)28-14-15-29-20(25)8-2-1-5-13-23-21-18-6-3-4-7-19(18)30(26,27)24-21/h3-4,6-7,9-12H,1-2,5,8,13-15H2,(H,23,24). The molecule has 0 radical (unpaired) electrons. The zero-order chi connectivity index (χ0) is 21.4. The van der Waals surface area contributed by atoms with Crippen LogP contribution in [0.3, 0.4) is 0 Å². The summed E-state index contributed by atoms with van der Waals surface area (Å²) in [6.45, 7) is 0.951. The van der Waals surface area contributed by atoms with Crippen LogP contribution in [0.15, 0.2) is 58.4 Å². The number of ether oxygens (including phenoxy) is 2. The Balaban J connectivity index is 1.28. The SMILES string of the molecule is O=C(CCCCCN=C1NS(=O)(=O)c2ccccc21)OCCOc1ccc(Cl)cc1. The van der Waals surface area contributed by atoms with E-state index in [1.807, 2.05) is 0 Å². The maximum absolute atomic E-state index is 12.0. The van der Waals surface area contributed by atoms with E-state index < -0.39 is 10.0 Å². The number of esters is 1. The number of carbonyl (C=O) groups excluding carboxylic acids is 1. The predicted molar refractivity (Wildman–Crippen MR) is 115 cm³/mol. The van der Waals surface area contributed by atoms with Crippen LogP contribution in [-0.4, -0.2) is 40.0 Å². The van der Waals surface area contributed by atoms with Gasteiger partial charge in [0.2, 0.25) is 0 Å². The predicted octanol–water partition coefficient (Wildman–Crippen LogP) is 3.56. The van der Waals surface area contributed by atoms with Crippen LogP contribution >= 0.6 is 11.6 Å². The number of amidine groups is 1. The molecule has 1 aliphatic rings. The van der Waals surface area contributed by atoms with Crippen molar-refractivity contribution in [3.8, 4) is 5.75 Å². The lowest BCUT2D eigenvalue weighted by Gasteiger charge is -2.07. The molecular weight excluding hydrogens is 428 g/mol. The van der Waals surface area contributed by atoms with Crippen LogP contribution in [0.2, 0.25) is 5.02 Å². The number of carbonyl (C=O) groups is 1. The molecule has 1 heterocycles. The third-order valence-electron chi connectivity index (χ3n) is 4.40. The average molecular weight is 451 g/mol. The number of sulfonamides is 1. The van der Waals surface area contributed by atoms with Gasteiger partial charge in [-0.05, 0) is 49.2 Å². The van der Waals surface area contributed by atoms with Gasteiger partial charge in [-0.25, -0.2) is 8.42 Å². The number of hydrogen-bond acceptors (Lipinski definition) is 6. The normalized spacial score (nSPS) is 15.4. The van der Waals surface area contributed by atoms with Gasteiger partial charge in [-0.15, -0.1) is 0 Å². The van der Waals surface area contributed by atoms with E-state index in [0.29, 0.717) is 41.6 Å². The average Bonchev–Trinajstić information content (AvgIpc) is 3.00. The molecule has 2 aromatic rings. The van der Waals surface area contributed by atoms with Gasteiger partial charge < -0.3 is 9.47 Å². The number of unbranched alkanes of at least 4 members (excludes halogenated alkanes) is 2. The monoisotopic (exact) mass is 450 g/mol. The molecule has 1 N–H and O–H groups in total. The van der Waals surface area contributed by atoms with E-state index in [9.17, 15) is 13.2 Å². The summed E-state index contributed by atoms with van der Waals surface area (Å²) in [6, 6.07) is 13.7. The molecule has 0 aromatic heterocycles. The Morgan fingerprint density at radius 3 is 2.57 bits per heavy atom. The fourth-order valence-electron chi connectivity index (χ4n) is 2.92. The number of benzene rings is 2. The van der Waals surface area contributed by atoms with Crippen molar-refractivity contribution in [1.82, 2.24) is 4.72 Å². The van der Waals surface area contributed by atoms with Crippen molar-refractivity contribution >= 4 is 33.4 Å². The lowest BCUT2D eigenvalue weighted by molar-refractivity contribution is -0.144. The molecule has 0 spiro atoms. The molecule has 0 saturated carbocycles. The third kappa shape index (κ3) is 6.21. The summed E-state index contributed by atoms with van der Waals surface area (Å²) in [5, 5.41) is 0.634. The van der Waals surface area contributed by atoms with Crippen molar-refractivity contribution in [3.05, 3.63) is 59.1 Å². The first-order valence-electron chi connectivity index (χ1n) is 9.66. The maximum atomic E-state index is 12.0. The Morgan fingerprint density at radius 1 is 1.00 bits per heavy atom. The quantitative estimate of drug-likeness (QED) is 0.441. The van der Waals surface area contributed by atoms with Crippen LogP contribution in [0.5, 0.6) is 5.75 Å². The summed E-state index contributed by atoms with van der Waals surface area (Å²) in [4.78, 5) is 16.4. The number of hydrogen-bond donors (Lipinski definition) is 1. The van der Waals surface area contributed by atoms with Gasteiger partial charge in [-0.1, -0.05) is 30.2 Å². The minimum atomic E-state index is -3.50. The van der Waals surface area contributed by atoms with Gasteiger partial charge in [-0.2, -0.15) is 0 Å². The lowest BCUT2D eigenvalue weighted by Crippen LogP contribution is -2.22. The number of rotatable bonds is 10. The molecule has 30 heavy (non-hydrogen) atoms. The molecule has 160 valence electrons. The number of halogens is 1. The topological polar surface area (TPSA) is 94.1 Å². The van der Waals surface area contributed by atoms with Crippen molar-refractivity contribution in [3.63, 3.8) is 0 Å². The van der Waals surface area contributed by atoms with Crippen molar-refractivity contribution in [1.29, 1.82) is 0 Å². The molecule has 0 fully saturated rings. The molecule has 1 aliphatic heterocycles. The fourth-order valence-corrected chi connectivity index (χ4v) is 4.30. The smallest absolute Gasteiger partial charge is 0.305 e. The highest BCUT2D eigenvalue weighted by atomic mass is 35.5. The Labute approximate surface area is 181 Å². The van der Waals surface area contributed by atoms with Crippen LogP contribution in [0.4, 0.5) is 0 Å². The highest BCUT2D eigenvalue weighted by Gasteiger charge is 2.29. The summed E-state index contributed by atoms with van der Waals surface area (Å²) in [7, 11) is -3.50. The molecule has 7 nitrogen and oxygen atoms in total. The first-order valence-corrected chi connectivity index (χ1v) is 11.5. The molecule has 3 rings (SSSR count). The zero-order valence-corrected chi connectivity index (χ0v) is 17.9. The molecule has 0 aliphatic carbocycles. The molecule has 0 atom stereocenters. The maximum Gasteiger partial charge on any atom is 0.305 e. The van der Waals surface area contributed by atoms with Crippen molar-refractivity contribution in [2.75, 3.05) is 19.8 Å². The molecule has 0 bridgehead atoms. The molecular formula is C21H23ClN2O5S. The van der Waals surface area contributed by atoms with Crippen molar-refractivity contribution < 1.29 is 22.7 Å². The number of aliphatic imine (C=N–C) groups is 1. The molecule has 0 unspecified atom stereocenters.